The molecule has 1 aliphatic heterocycles. The summed E-state index contributed by atoms with van der Waals surface area (Å²) in [5, 5.41) is 3.67. The van der Waals surface area contributed by atoms with E-state index >= 15 is 0 Å². The van der Waals surface area contributed by atoms with Crippen molar-refractivity contribution in [2.75, 3.05) is 26.2 Å². The maximum absolute atomic E-state index is 13.4. The van der Waals surface area contributed by atoms with Crippen LogP contribution < -0.4 is 5.32 Å². The highest BCUT2D eigenvalue weighted by molar-refractivity contribution is 6.06. The van der Waals surface area contributed by atoms with E-state index in [4.69, 9.17) is 0 Å². The van der Waals surface area contributed by atoms with Crippen molar-refractivity contribution in [3.63, 3.8) is 0 Å². The maximum Gasteiger partial charge on any atom is 0.252 e. The van der Waals surface area contributed by atoms with Gasteiger partial charge in [-0.15, -0.1) is 0 Å². The van der Waals surface area contributed by atoms with Gasteiger partial charge in [0.05, 0.1) is 11.1 Å². The molecular weight excluding hydrogens is 305 g/mol. The molecule has 128 valence electrons. The lowest BCUT2D eigenvalue weighted by molar-refractivity contribution is 0.0954. The van der Waals surface area contributed by atoms with Gasteiger partial charge in [-0.25, -0.2) is 4.39 Å². The summed E-state index contributed by atoms with van der Waals surface area (Å²) in [5.41, 5.74) is 1.80. The number of hydrogen-bond donors (Lipinski definition) is 1. The number of aromatic nitrogens is 1. The number of amides is 1. The summed E-state index contributed by atoms with van der Waals surface area (Å²) >= 11 is 0. The third-order valence-corrected chi connectivity index (χ3v) is 4.53. The number of fused-ring (bicyclic) bond motifs is 1. The first-order valence-corrected chi connectivity index (χ1v) is 8.71. The average Bonchev–Trinajstić information content (AvgIpc) is 3.06. The molecule has 0 aliphatic carbocycles. The molecule has 1 aromatic carbocycles. The average molecular weight is 329 g/mol. The molecule has 1 amide bonds. The third kappa shape index (κ3) is 4.09. The van der Waals surface area contributed by atoms with E-state index in [1.165, 1.54) is 38.1 Å². The van der Waals surface area contributed by atoms with Crippen molar-refractivity contribution in [1.29, 1.82) is 0 Å². The van der Waals surface area contributed by atoms with Crippen molar-refractivity contribution in [1.82, 2.24) is 15.2 Å². The lowest BCUT2D eigenvalue weighted by atomic mass is 10.1. The van der Waals surface area contributed by atoms with Gasteiger partial charge in [0.25, 0.3) is 5.91 Å². The number of rotatable bonds is 6. The molecule has 5 heteroatoms. The summed E-state index contributed by atoms with van der Waals surface area (Å²) in [6, 6.07) is 6.13. The zero-order valence-corrected chi connectivity index (χ0v) is 14.1. The van der Waals surface area contributed by atoms with E-state index < -0.39 is 0 Å². The molecule has 0 unspecified atom stereocenters. The summed E-state index contributed by atoms with van der Waals surface area (Å²) < 4.78 is 13.4. The van der Waals surface area contributed by atoms with Crippen molar-refractivity contribution in [3.05, 3.63) is 41.3 Å². The Morgan fingerprint density at radius 2 is 2.04 bits per heavy atom. The normalized spacial score (nSPS) is 15.1. The molecule has 1 aliphatic rings. The summed E-state index contributed by atoms with van der Waals surface area (Å²) in [6.07, 6.45) is 4.69. The first-order chi connectivity index (χ1) is 11.6. The topological polar surface area (TPSA) is 45.2 Å². The van der Waals surface area contributed by atoms with Crippen LogP contribution in [0.2, 0.25) is 0 Å². The van der Waals surface area contributed by atoms with Crippen molar-refractivity contribution in [3.8, 4) is 0 Å². The molecule has 1 fully saturated rings. The second kappa shape index (κ2) is 7.71. The van der Waals surface area contributed by atoms with Gasteiger partial charge in [0.2, 0.25) is 0 Å². The maximum atomic E-state index is 13.4. The number of nitrogens with zero attached hydrogens (tertiary/aromatic N) is 2. The molecule has 3 rings (SSSR count). The van der Waals surface area contributed by atoms with E-state index in [-0.39, 0.29) is 11.7 Å². The Bertz CT molecular complexity index is 721. The predicted octanol–water partition coefficient (Wildman–Crippen LogP) is 3.29. The van der Waals surface area contributed by atoms with Crippen LogP contribution in [0.15, 0.2) is 24.3 Å². The molecule has 0 spiro atoms. The number of unbranched alkanes of at least 4 members (excludes halogenated alkanes) is 1. The van der Waals surface area contributed by atoms with Gasteiger partial charge in [-0.3, -0.25) is 9.78 Å². The Kier molecular flexibility index (Phi) is 5.41. The first-order valence-electron chi connectivity index (χ1n) is 8.71. The van der Waals surface area contributed by atoms with Crippen molar-refractivity contribution in [2.24, 2.45) is 0 Å². The van der Waals surface area contributed by atoms with Gasteiger partial charge < -0.3 is 10.2 Å². The second-order valence-corrected chi connectivity index (χ2v) is 6.48. The standard InChI is InChI=1S/C19H24FN3O/c1-14-12-17(16-7-6-15(20)13-18(16)22-14)19(24)21-8-2-3-9-23-10-4-5-11-23/h6-7,12-13H,2-5,8-11H2,1H3,(H,21,24). The summed E-state index contributed by atoms with van der Waals surface area (Å²) in [6.45, 7) is 6.02. The molecule has 1 aromatic heterocycles. The van der Waals surface area contributed by atoms with Gasteiger partial charge in [0.1, 0.15) is 5.82 Å². The number of carbonyl (C=O) groups excluding carboxylic acids is 1. The van der Waals surface area contributed by atoms with Gasteiger partial charge in [-0.1, -0.05) is 0 Å². The Labute approximate surface area is 142 Å². The number of carbonyl (C=O) groups is 1. The fraction of sp³-hybridized carbons (Fsp3) is 0.474. The highest BCUT2D eigenvalue weighted by atomic mass is 19.1. The predicted molar refractivity (Wildman–Crippen MR) is 93.7 cm³/mol. The summed E-state index contributed by atoms with van der Waals surface area (Å²) in [7, 11) is 0. The molecule has 4 nitrogen and oxygen atoms in total. The van der Waals surface area contributed by atoms with E-state index in [2.05, 4.69) is 15.2 Å². The Morgan fingerprint density at radius 1 is 1.25 bits per heavy atom. The number of likely N-dealkylation sites (tertiary alicyclic amines) is 1. The number of hydrogen-bond acceptors (Lipinski definition) is 3. The SMILES string of the molecule is Cc1cc(C(=O)NCCCCN2CCCC2)c2ccc(F)cc2n1. The van der Waals surface area contributed by atoms with Gasteiger partial charge in [-0.2, -0.15) is 0 Å². The molecule has 0 atom stereocenters. The van der Waals surface area contributed by atoms with Crippen molar-refractivity contribution < 1.29 is 9.18 Å². The van der Waals surface area contributed by atoms with Gasteiger partial charge >= 0.3 is 0 Å². The molecule has 1 N–H and O–H groups in total. The molecule has 0 bridgehead atoms. The molecular formula is C19H24FN3O. The number of pyridine rings is 1. The van der Waals surface area contributed by atoms with E-state index in [0.29, 0.717) is 28.7 Å². The van der Waals surface area contributed by atoms with Crippen molar-refractivity contribution >= 4 is 16.8 Å². The van der Waals surface area contributed by atoms with Crippen LogP contribution in [0.5, 0.6) is 0 Å². The van der Waals surface area contributed by atoms with E-state index in [0.717, 1.165) is 19.4 Å². The highest BCUT2D eigenvalue weighted by Crippen LogP contribution is 2.19. The minimum atomic E-state index is -0.339. The number of nitrogens with one attached hydrogen (secondary N) is 1. The molecule has 24 heavy (non-hydrogen) atoms. The van der Waals surface area contributed by atoms with Crippen LogP contribution in [0, 0.1) is 12.7 Å². The van der Waals surface area contributed by atoms with E-state index in [1.54, 1.807) is 12.1 Å². The largest absolute Gasteiger partial charge is 0.352 e. The van der Waals surface area contributed by atoms with Crippen LogP contribution in [0.25, 0.3) is 10.9 Å². The van der Waals surface area contributed by atoms with E-state index in [9.17, 15) is 9.18 Å². The van der Waals surface area contributed by atoms with E-state index in [1.807, 2.05) is 6.92 Å². The van der Waals surface area contributed by atoms with Crippen LogP contribution in [-0.2, 0) is 0 Å². The zero-order valence-electron chi connectivity index (χ0n) is 14.1. The molecule has 1 saturated heterocycles. The smallest absolute Gasteiger partial charge is 0.252 e. The minimum Gasteiger partial charge on any atom is -0.352 e. The van der Waals surface area contributed by atoms with Gasteiger partial charge in [0, 0.05) is 23.7 Å². The van der Waals surface area contributed by atoms with Crippen LogP contribution in [0.4, 0.5) is 4.39 Å². The van der Waals surface area contributed by atoms with Crippen LogP contribution in [0.1, 0.15) is 41.7 Å². The quantitative estimate of drug-likeness (QED) is 0.827. The third-order valence-electron chi connectivity index (χ3n) is 4.53. The Balaban J connectivity index is 1.57. The minimum absolute atomic E-state index is 0.113. The lowest BCUT2D eigenvalue weighted by Crippen LogP contribution is -2.26. The molecule has 0 saturated carbocycles. The van der Waals surface area contributed by atoms with Crippen molar-refractivity contribution in [2.45, 2.75) is 32.6 Å². The second-order valence-electron chi connectivity index (χ2n) is 6.48. The number of halogens is 1. The Hall–Kier alpha value is -2.01. The zero-order chi connectivity index (χ0) is 16.9. The molecule has 0 radical (unpaired) electrons. The number of aryl methyl sites for hydroxylation is 1. The summed E-state index contributed by atoms with van der Waals surface area (Å²) in [5.74, 6) is -0.452. The Morgan fingerprint density at radius 3 is 2.83 bits per heavy atom. The lowest BCUT2D eigenvalue weighted by Gasteiger charge is -2.14. The fourth-order valence-corrected chi connectivity index (χ4v) is 3.29. The number of benzene rings is 1. The van der Waals surface area contributed by atoms with Crippen LogP contribution in [-0.4, -0.2) is 42.0 Å². The molecule has 2 aromatic rings. The fourth-order valence-electron chi connectivity index (χ4n) is 3.29. The van der Waals surface area contributed by atoms with Gasteiger partial charge in [0.15, 0.2) is 0 Å². The molecule has 2 heterocycles. The monoisotopic (exact) mass is 329 g/mol. The van der Waals surface area contributed by atoms with Crippen LogP contribution in [0.3, 0.4) is 0 Å². The van der Waals surface area contributed by atoms with Crippen LogP contribution >= 0.6 is 0 Å². The highest BCUT2D eigenvalue weighted by Gasteiger charge is 2.13. The van der Waals surface area contributed by atoms with Gasteiger partial charge in [-0.05, 0) is 70.4 Å². The summed E-state index contributed by atoms with van der Waals surface area (Å²) in [4.78, 5) is 19.3. The first kappa shape index (κ1) is 16.8.